The number of hydrogen-bond donors (Lipinski definition) is 1. The van der Waals surface area contributed by atoms with E-state index in [2.05, 4.69) is 33.1 Å². The standard InChI is InChI=1S/C26H28N6O4/c1-30(2)13-14-36-24-16-23(35-3)19(15-22(24)32(33)34)29-26-27-11-10-18(28-26)25-17-7-4-5-8-20(17)31-12-6-9-21(25)31/h4-5,7-8,10-11,15-16H,6,9,12-14H2,1-3H3,(H,27,28,29). The summed E-state index contributed by atoms with van der Waals surface area (Å²) >= 11 is 0. The van der Waals surface area contributed by atoms with E-state index >= 15 is 0 Å². The fourth-order valence-electron chi connectivity index (χ4n) is 4.65. The van der Waals surface area contributed by atoms with E-state index in [0.29, 0.717) is 30.5 Å². The minimum Gasteiger partial charge on any atom is -0.494 e. The van der Waals surface area contributed by atoms with Crippen molar-refractivity contribution in [2.75, 3.05) is 39.7 Å². The number of nitrogens with zero attached hydrogens (tertiary/aromatic N) is 5. The number of anilines is 2. The van der Waals surface area contributed by atoms with Gasteiger partial charge in [0.05, 0.1) is 23.4 Å². The number of likely N-dealkylation sites (N-methyl/N-ethyl adjacent to an activating group) is 1. The van der Waals surface area contributed by atoms with Gasteiger partial charge in [-0.25, -0.2) is 9.97 Å². The number of aryl methyl sites for hydroxylation is 1. The molecule has 0 spiro atoms. The van der Waals surface area contributed by atoms with Gasteiger partial charge in [-0.3, -0.25) is 10.1 Å². The Morgan fingerprint density at radius 2 is 2.03 bits per heavy atom. The summed E-state index contributed by atoms with van der Waals surface area (Å²) in [6.45, 7) is 1.93. The molecule has 0 radical (unpaired) electrons. The molecule has 1 N–H and O–H groups in total. The number of aromatic nitrogens is 3. The number of para-hydroxylation sites is 1. The number of benzene rings is 2. The summed E-state index contributed by atoms with van der Waals surface area (Å²) in [5.74, 6) is 0.864. The molecule has 0 saturated carbocycles. The zero-order chi connectivity index (χ0) is 25.2. The van der Waals surface area contributed by atoms with Gasteiger partial charge in [-0.05, 0) is 39.1 Å². The molecule has 3 heterocycles. The molecule has 10 nitrogen and oxygen atoms in total. The largest absolute Gasteiger partial charge is 0.494 e. The molecule has 10 heteroatoms. The lowest BCUT2D eigenvalue weighted by Gasteiger charge is -2.15. The lowest BCUT2D eigenvalue weighted by Crippen LogP contribution is -2.19. The van der Waals surface area contributed by atoms with Crippen molar-refractivity contribution in [3.05, 3.63) is 64.5 Å². The van der Waals surface area contributed by atoms with Crippen molar-refractivity contribution < 1.29 is 14.4 Å². The van der Waals surface area contributed by atoms with E-state index in [4.69, 9.17) is 14.5 Å². The Morgan fingerprint density at radius 3 is 2.81 bits per heavy atom. The van der Waals surface area contributed by atoms with E-state index in [0.717, 1.165) is 36.0 Å². The van der Waals surface area contributed by atoms with Crippen LogP contribution < -0.4 is 14.8 Å². The van der Waals surface area contributed by atoms with Gasteiger partial charge in [-0.1, -0.05) is 18.2 Å². The van der Waals surface area contributed by atoms with Crippen LogP contribution >= 0.6 is 0 Å². The number of nitrogens with one attached hydrogen (secondary N) is 1. The van der Waals surface area contributed by atoms with Crippen molar-refractivity contribution in [2.24, 2.45) is 0 Å². The van der Waals surface area contributed by atoms with Crippen molar-refractivity contribution in [2.45, 2.75) is 19.4 Å². The van der Waals surface area contributed by atoms with Gasteiger partial charge >= 0.3 is 5.69 Å². The SMILES string of the molecule is COc1cc(OCCN(C)C)c([N+](=O)[O-])cc1Nc1nccc(-c2c3n(c4ccccc24)CCC3)n1. The van der Waals surface area contributed by atoms with Crippen LogP contribution in [0.4, 0.5) is 17.3 Å². The summed E-state index contributed by atoms with van der Waals surface area (Å²) in [5, 5.41) is 16.1. The van der Waals surface area contributed by atoms with Crippen molar-refractivity contribution in [1.82, 2.24) is 19.4 Å². The summed E-state index contributed by atoms with van der Waals surface area (Å²) in [6.07, 6.45) is 3.79. The lowest BCUT2D eigenvalue weighted by molar-refractivity contribution is -0.385. The van der Waals surface area contributed by atoms with E-state index in [-0.39, 0.29) is 11.4 Å². The number of nitro benzene ring substituents is 1. The second-order valence-corrected chi connectivity index (χ2v) is 8.91. The predicted octanol–water partition coefficient (Wildman–Crippen LogP) is 4.65. The Labute approximate surface area is 208 Å². The van der Waals surface area contributed by atoms with E-state index in [1.807, 2.05) is 31.1 Å². The van der Waals surface area contributed by atoms with E-state index in [1.165, 1.54) is 30.5 Å². The normalized spacial score (nSPS) is 12.7. The molecular weight excluding hydrogens is 460 g/mol. The number of ether oxygens (including phenoxy) is 2. The van der Waals surface area contributed by atoms with Crippen LogP contribution in [0, 0.1) is 10.1 Å². The molecule has 0 saturated heterocycles. The molecular formula is C26H28N6O4. The molecule has 186 valence electrons. The monoisotopic (exact) mass is 488 g/mol. The molecule has 0 amide bonds. The third-order valence-electron chi connectivity index (χ3n) is 6.31. The van der Waals surface area contributed by atoms with Crippen LogP contribution in [-0.2, 0) is 13.0 Å². The van der Waals surface area contributed by atoms with Crippen molar-refractivity contribution in [3.63, 3.8) is 0 Å². The highest BCUT2D eigenvalue weighted by Gasteiger charge is 2.24. The average molecular weight is 489 g/mol. The van der Waals surface area contributed by atoms with Crippen LogP contribution in [-0.4, -0.2) is 58.7 Å². The molecule has 0 fully saturated rings. The molecule has 2 aromatic carbocycles. The maximum atomic E-state index is 11.8. The van der Waals surface area contributed by atoms with Gasteiger partial charge in [0.1, 0.15) is 12.4 Å². The van der Waals surface area contributed by atoms with Crippen LogP contribution in [0.5, 0.6) is 11.5 Å². The first-order valence-corrected chi connectivity index (χ1v) is 11.8. The van der Waals surface area contributed by atoms with Gasteiger partial charge < -0.3 is 24.3 Å². The molecule has 4 aromatic rings. The van der Waals surface area contributed by atoms with Crippen LogP contribution in [0.25, 0.3) is 22.2 Å². The molecule has 0 unspecified atom stereocenters. The molecule has 1 aliphatic rings. The second-order valence-electron chi connectivity index (χ2n) is 8.91. The predicted molar refractivity (Wildman–Crippen MR) is 138 cm³/mol. The van der Waals surface area contributed by atoms with Gasteiger partial charge in [-0.2, -0.15) is 0 Å². The minimum atomic E-state index is -0.469. The van der Waals surface area contributed by atoms with Gasteiger partial charge in [0.25, 0.3) is 0 Å². The van der Waals surface area contributed by atoms with Crippen molar-refractivity contribution in [3.8, 4) is 22.8 Å². The third kappa shape index (κ3) is 4.42. The first-order chi connectivity index (χ1) is 17.5. The van der Waals surface area contributed by atoms with Gasteiger partial charge in [-0.15, -0.1) is 0 Å². The third-order valence-corrected chi connectivity index (χ3v) is 6.31. The van der Waals surface area contributed by atoms with Crippen molar-refractivity contribution in [1.29, 1.82) is 0 Å². The van der Waals surface area contributed by atoms with Crippen LogP contribution in [0.15, 0.2) is 48.7 Å². The number of nitro groups is 1. The van der Waals surface area contributed by atoms with E-state index < -0.39 is 4.92 Å². The number of fused-ring (bicyclic) bond motifs is 3. The first kappa shape index (κ1) is 23.6. The van der Waals surface area contributed by atoms with Crippen LogP contribution in [0.2, 0.25) is 0 Å². The molecule has 5 rings (SSSR count). The Kier molecular flexibility index (Phi) is 6.43. The molecule has 0 bridgehead atoms. The molecule has 36 heavy (non-hydrogen) atoms. The topological polar surface area (TPSA) is 108 Å². The van der Waals surface area contributed by atoms with Gasteiger partial charge in [0.15, 0.2) is 0 Å². The van der Waals surface area contributed by atoms with E-state index in [9.17, 15) is 10.1 Å². The highest BCUT2D eigenvalue weighted by atomic mass is 16.6. The summed E-state index contributed by atoms with van der Waals surface area (Å²) in [6, 6.07) is 13.2. The first-order valence-electron chi connectivity index (χ1n) is 11.8. The zero-order valence-electron chi connectivity index (χ0n) is 20.5. The van der Waals surface area contributed by atoms with E-state index in [1.54, 1.807) is 6.20 Å². The van der Waals surface area contributed by atoms with Crippen LogP contribution in [0.3, 0.4) is 0 Å². The quantitative estimate of drug-likeness (QED) is 0.268. The number of hydrogen-bond acceptors (Lipinski definition) is 8. The maximum Gasteiger partial charge on any atom is 0.313 e. The highest BCUT2D eigenvalue weighted by Crippen LogP contribution is 2.40. The number of methoxy groups -OCH3 is 1. The Hall–Kier alpha value is -4.18. The minimum absolute atomic E-state index is 0.148. The Bertz CT molecular complexity index is 1430. The van der Waals surface area contributed by atoms with Gasteiger partial charge in [0.2, 0.25) is 11.7 Å². The second kappa shape index (κ2) is 9.82. The van der Waals surface area contributed by atoms with Crippen molar-refractivity contribution >= 4 is 28.2 Å². The average Bonchev–Trinajstić information content (AvgIpc) is 3.45. The smallest absolute Gasteiger partial charge is 0.313 e. The fraction of sp³-hybridized carbons (Fsp3) is 0.308. The maximum absolute atomic E-state index is 11.8. The molecule has 2 aromatic heterocycles. The highest BCUT2D eigenvalue weighted by molar-refractivity contribution is 5.97. The molecule has 1 aliphatic heterocycles. The summed E-state index contributed by atoms with van der Waals surface area (Å²) in [5.41, 5.74) is 4.61. The number of rotatable bonds is 9. The van der Waals surface area contributed by atoms with Gasteiger partial charge in [0, 0.05) is 53.6 Å². The van der Waals surface area contributed by atoms with Crippen LogP contribution in [0.1, 0.15) is 12.1 Å². The Balaban J connectivity index is 1.50. The zero-order valence-corrected chi connectivity index (χ0v) is 20.5. The summed E-state index contributed by atoms with van der Waals surface area (Å²) in [7, 11) is 5.32. The summed E-state index contributed by atoms with van der Waals surface area (Å²) in [4.78, 5) is 22.4. The summed E-state index contributed by atoms with van der Waals surface area (Å²) < 4.78 is 13.6. The fourth-order valence-corrected chi connectivity index (χ4v) is 4.65. The molecule has 0 aliphatic carbocycles. The molecule has 0 atom stereocenters. The Morgan fingerprint density at radius 1 is 1.19 bits per heavy atom. The lowest BCUT2D eigenvalue weighted by atomic mass is 10.1.